The van der Waals surface area contributed by atoms with E-state index in [2.05, 4.69) is 5.32 Å². The Kier molecular flexibility index (Phi) is 4.84. The highest BCUT2D eigenvalue weighted by Crippen LogP contribution is 2.28. The van der Waals surface area contributed by atoms with Crippen molar-refractivity contribution in [2.75, 3.05) is 14.2 Å². The maximum Gasteiger partial charge on any atom is 0.259 e. The third-order valence-electron chi connectivity index (χ3n) is 3.70. The van der Waals surface area contributed by atoms with Crippen LogP contribution in [0.5, 0.6) is 11.5 Å². The lowest BCUT2D eigenvalue weighted by molar-refractivity contribution is 0.0713. The molecule has 1 fully saturated rings. The van der Waals surface area contributed by atoms with Crippen LogP contribution in [0.3, 0.4) is 0 Å². The highest BCUT2D eigenvalue weighted by atomic mass is 16.5. The summed E-state index contributed by atoms with van der Waals surface area (Å²) < 4.78 is 10.4. The van der Waals surface area contributed by atoms with Crippen molar-refractivity contribution < 1.29 is 19.4 Å². The SMILES string of the molecule is COc1cccc(OC)c1C(=O)NC1CCCCC1O. The van der Waals surface area contributed by atoms with Crippen molar-refractivity contribution in [2.45, 2.75) is 37.8 Å². The molecule has 2 N–H and O–H groups in total. The van der Waals surface area contributed by atoms with E-state index in [1.165, 1.54) is 14.2 Å². The summed E-state index contributed by atoms with van der Waals surface area (Å²) in [6.07, 6.45) is 3.07. The first kappa shape index (κ1) is 14.7. The Bertz CT molecular complexity index is 453. The molecule has 1 aromatic carbocycles. The van der Waals surface area contributed by atoms with E-state index >= 15 is 0 Å². The van der Waals surface area contributed by atoms with Gasteiger partial charge in [0.2, 0.25) is 0 Å². The number of rotatable bonds is 4. The summed E-state index contributed by atoms with van der Waals surface area (Å²) in [4.78, 5) is 12.4. The van der Waals surface area contributed by atoms with Crippen LogP contribution in [-0.4, -0.2) is 37.4 Å². The van der Waals surface area contributed by atoms with Gasteiger partial charge in [0.15, 0.2) is 0 Å². The van der Waals surface area contributed by atoms with E-state index < -0.39 is 6.10 Å². The number of carbonyl (C=O) groups is 1. The predicted octanol–water partition coefficient (Wildman–Crippen LogP) is 1.74. The molecule has 5 nitrogen and oxygen atoms in total. The van der Waals surface area contributed by atoms with E-state index in [0.29, 0.717) is 17.1 Å². The minimum absolute atomic E-state index is 0.203. The molecule has 1 saturated carbocycles. The first-order chi connectivity index (χ1) is 9.67. The van der Waals surface area contributed by atoms with E-state index in [0.717, 1.165) is 25.7 Å². The molecule has 20 heavy (non-hydrogen) atoms. The molecule has 0 radical (unpaired) electrons. The maximum absolute atomic E-state index is 12.4. The number of methoxy groups -OCH3 is 2. The fourth-order valence-electron chi connectivity index (χ4n) is 2.60. The van der Waals surface area contributed by atoms with E-state index in [-0.39, 0.29) is 11.9 Å². The third kappa shape index (κ3) is 3.04. The van der Waals surface area contributed by atoms with Gasteiger partial charge < -0.3 is 19.9 Å². The van der Waals surface area contributed by atoms with Crippen molar-refractivity contribution in [1.29, 1.82) is 0 Å². The fraction of sp³-hybridized carbons (Fsp3) is 0.533. The molecule has 0 aliphatic heterocycles. The number of carbonyl (C=O) groups excluding carboxylic acids is 1. The lowest BCUT2D eigenvalue weighted by Crippen LogP contribution is -2.45. The van der Waals surface area contributed by atoms with Gasteiger partial charge in [-0.3, -0.25) is 4.79 Å². The molecule has 5 heteroatoms. The lowest BCUT2D eigenvalue weighted by atomic mass is 9.92. The number of hydrogen-bond donors (Lipinski definition) is 2. The van der Waals surface area contributed by atoms with E-state index in [9.17, 15) is 9.90 Å². The van der Waals surface area contributed by atoms with Crippen LogP contribution in [0.2, 0.25) is 0 Å². The molecule has 1 amide bonds. The predicted molar refractivity (Wildman–Crippen MR) is 75.3 cm³/mol. The maximum atomic E-state index is 12.4. The number of amides is 1. The molecule has 2 atom stereocenters. The van der Waals surface area contributed by atoms with Gasteiger partial charge in [0.1, 0.15) is 17.1 Å². The number of aliphatic hydroxyl groups excluding tert-OH is 1. The van der Waals surface area contributed by atoms with Crippen molar-refractivity contribution in [2.24, 2.45) is 0 Å². The molecule has 0 spiro atoms. The Hall–Kier alpha value is -1.75. The number of nitrogens with one attached hydrogen (secondary N) is 1. The van der Waals surface area contributed by atoms with Crippen molar-refractivity contribution >= 4 is 5.91 Å². The van der Waals surface area contributed by atoms with E-state index in [4.69, 9.17) is 9.47 Å². The summed E-state index contributed by atoms with van der Waals surface area (Å²) in [5.41, 5.74) is 0.371. The molecule has 110 valence electrons. The quantitative estimate of drug-likeness (QED) is 0.881. The van der Waals surface area contributed by atoms with Crippen LogP contribution in [0, 0.1) is 0 Å². The lowest BCUT2D eigenvalue weighted by Gasteiger charge is -2.28. The molecular weight excluding hydrogens is 258 g/mol. The van der Waals surface area contributed by atoms with Gasteiger partial charge in [0.25, 0.3) is 5.91 Å². The summed E-state index contributed by atoms with van der Waals surface area (Å²) in [5.74, 6) is 0.657. The van der Waals surface area contributed by atoms with Gasteiger partial charge in [-0.05, 0) is 25.0 Å². The fourth-order valence-corrected chi connectivity index (χ4v) is 2.60. The average molecular weight is 279 g/mol. The summed E-state index contributed by atoms with van der Waals surface area (Å²) in [6.45, 7) is 0. The molecule has 2 unspecified atom stereocenters. The van der Waals surface area contributed by atoms with Crippen molar-refractivity contribution in [1.82, 2.24) is 5.32 Å². The first-order valence-electron chi connectivity index (χ1n) is 6.87. The van der Waals surface area contributed by atoms with Crippen LogP contribution in [0.25, 0.3) is 0 Å². The molecule has 0 aromatic heterocycles. The van der Waals surface area contributed by atoms with Gasteiger partial charge >= 0.3 is 0 Å². The van der Waals surface area contributed by atoms with Crippen LogP contribution < -0.4 is 14.8 Å². The molecule has 1 aliphatic carbocycles. The third-order valence-corrected chi connectivity index (χ3v) is 3.70. The van der Waals surface area contributed by atoms with Gasteiger partial charge in [-0.1, -0.05) is 18.9 Å². The van der Waals surface area contributed by atoms with Gasteiger partial charge in [-0.15, -0.1) is 0 Å². The Labute approximate surface area is 118 Å². The number of aliphatic hydroxyl groups is 1. The summed E-state index contributed by atoms with van der Waals surface area (Å²) in [6, 6.07) is 5.00. The molecule has 0 saturated heterocycles. The second kappa shape index (κ2) is 6.61. The Morgan fingerprint density at radius 2 is 1.80 bits per heavy atom. The van der Waals surface area contributed by atoms with Gasteiger partial charge in [-0.25, -0.2) is 0 Å². The van der Waals surface area contributed by atoms with Crippen LogP contribution >= 0.6 is 0 Å². The largest absolute Gasteiger partial charge is 0.496 e. The number of benzene rings is 1. The van der Waals surface area contributed by atoms with Gasteiger partial charge in [0, 0.05) is 0 Å². The monoisotopic (exact) mass is 279 g/mol. The standard InChI is InChI=1S/C15H21NO4/c1-19-12-8-5-9-13(20-2)14(12)15(18)16-10-6-3-4-7-11(10)17/h5,8-11,17H,3-4,6-7H2,1-2H3,(H,16,18). The highest BCUT2D eigenvalue weighted by Gasteiger charge is 2.27. The number of hydrogen-bond acceptors (Lipinski definition) is 4. The average Bonchev–Trinajstić information content (AvgIpc) is 2.48. The Morgan fingerprint density at radius 3 is 2.35 bits per heavy atom. The second-order valence-electron chi connectivity index (χ2n) is 4.97. The van der Waals surface area contributed by atoms with Gasteiger partial charge in [0.05, 0.1) is 26.4 Å². The van der Waals surface area contributed by atoms with Crippen LogP contribution in [0.15, 0.2) is 18.2 Å². The van der Waals surface area contributed by atoms with Crippen LogP contribution in [0.1, 0.15) is 36.0 Å². The van der Waals surface area contributed by atoms with E-state index in [1.807, 2.05) is 0 Å². The zero-order chi connectivity index (χ0) is 14.5. The summed E-state index contributed by atoms with van der Waals surface area (Å²) in [5, 5.41) is 12.8. The summed E-state index contributed by atoms with van der Waals surface area (Å²) in [7, 11) is 3.03. The van der Waals surface area contributed by atoms with Gasteiger partial charge in [-0.2, -0.15) is 0 Å². The van der Waals surface area contributed by atoms with E-state index in [1.54, 1.807) is 18.2 Å². The molecule has 2 rings (SSSR count). The molecule has 1 aliphatic rings. The Balaban J connectivity index is 2.20. The minimum atomic E-state index is -0.478. The van der Waals surface area contributed by atoms with Crippen LogP contribution in [-0.2, 0) is 0 Å². The van der Waals surface area contributed by atoms with Crippen molar-refractivity contribution in [3.63, 3.8) is 0 Å². The second-order valence-corrected chi connectivity index (χ2v) is 4.97. The summed E-state index contributed by atoms with van der Waals surface area (Å²) >= 11 is 0. The zero-order valence-electron chi connectivity index (χ0n) is 11.9. The molecular formula is C15H21NO4. The molecule has 0 bridgehead atoms. The number of ether oxygens (including phenoxy) is 2. The van der Waals surface area contributed by atoms with Crippen molar-refractivity contribution in [3.8, 4) is 11.5 Å². The zero-order valence-corrected chi connectivity index (χ0v) is 11.9. The minimum Gasteiger partial charge on any atom is -0.496 e. The smallest absolute Gasteiger partial charge is 0.259 e. The highest BCUT2D eigenvalue weighted by molar-refractivity contribution is 5.99. The van der Waals surface area contributed by atoms with Crippen LogP contribution in [0.4, 0.5) is 0 Å². The normalized spacial score (nSPS) is 22.1. The first-order valence-corrected chi connectivity index (χ1v) is 6.87. The van der Waals surface area contributed by atoms with Crippen molar-refractivity contribution in [3.05, 3.63) is 23.8 Å². The Morgan fingerprint density at radius 1 is 1.20 bits per heavy atom. The molecule has 0 heterocycles. The molecule has 1 aromatic rings. The topological polar surface area (TPSA) is 67.8 Å².